The minimum absolute atomic E-state index is 0.129. The zero-order valence-electron chi connectivity index (χ0n) is 7.51. The molecule has 13 heavy (non-hydrogen) atoms. The average molecular weight is 264 g/mol. The highest BCUT2D eigenvalue weighted by molar-refractivity contribution is 9.09. The lowest BCUT2D eigenvalue weighted by atomic mass is 10.1. The fraction of sp³-hybridized carbons (Fsp3) is 0.889. The fourth-order valence-electron chi connectivity index (χ4n) is 1.55. The van der Waals surface area contributed by atoms with Crippen molar-refractivity contribution in [3.05, 3.63) is 0 Å². The monoisotopic (exact) mass is 263 g/mol. The maximum Gasteiger partial charge on any atom is 0.224 e. The van der Waals surface area contributed by atoms with E-state index in [1.54, 1.807) is 0 Å². The molecule has 1 N–H and O–H groups in total. The maximum absolute atomic E-state index is 11.7. The van der Waals surface area contributed by atoms with E-state index in [-0.39, 0.29) is 17.4 Å². The molecule has 1 amide bonds. The number of thioether (sulfide) groups is 1. The highest BCUT2D eigenvalue weighted by Gasteiger charge is 2.44. The number of carbonyl (C=O) groups is 1. The Morgan fingerprint density at radius 2 is 2.38 bits per heavy atom. The van der Waals surface area contributed by atoms with Crippen molar-refractivity contribution in [2.75, 3.05) is 16.8 Å². The summed E-state index contributed by atoms with van der Waals surface area (Å²) in [4.78, 5) is 11.7. The summed E-state index contributed by atoms with van der Waals surface area (Å²) >= 11 is 5.34. The molecule has 0 bridgehead atoms. The van der Waals surface area contributed by atoms with Crippen LogP contribution in [0.2, 0.25) is 0 Å². The molecule has 1 atom stereocenters. The number of hydrogen-bond donors (Lipinski definition) is 1. The summed E-state index contributed by atoms with van der Waals surface area (Å²) in [5.41, 5.74) is 0.129. The van der Waals surface area contributed by atoms with Crippen molar-refractivity contribution in [3.8, 4) is 0 Å². The first-order valence-corrected chi connectivity index (χ1v) is 6.99. The van der Waals surface area contributed by atoms with Crippen molar-refractivity contribution in [1.29, 1.82) is 0 Å². The molecular weight excluding hydrogens is 250 g/mol. The Kier molecular flexibility index (Phi) is 2.88. The van der Waals surface area contributed by atoms with Crippen LogP contribution >= 0.6 is 27.7 Å². The second-order valence-electron chi connectivity index (χ2n) is 3.96. The summed E-state index contributed by atoms with van der Waals surface area (Å²) in [6.45, 7) is 0. The molecule has 1 saturated carbocycles. The number of hydrogen-bond acceptors (Lipinski definition) is 2. The van der Waals surface area contributed by atoms with Crippen molar-refractivity contribution in [2.45, 2.75) is 24.8 Å². The lowest BCUT2D eigenvalue weighted by Gasteiger charge is -2.16. The first-order valence-electron chi connectivity index (χ1n) is 4.71. The van der Waals surface area contributed by atoms with Gasteiger partial charge in [0, 0.05) is 22.5 Å². The Morgan fingerprint density at radius 1 is 1.62 bits per heavy atom. The van der Waals surface area contributed by atoms with Gasteiger partial charge in [-0.2, -0.15) is 11.8 Å². The molecule has 1 unspecified atom stereocenters. The van der Waals surface area contributed by atoms with Crippen molar-refractivity contribution in [2.24, 2.45) is 5.92 Å². The topological polar surface area (TPSA) is 29.1 Å². The molecule has 0 radical (unpaired) electrons. The Labute approximate surface area is 91.3 Å². The summed E-state index contributed by atoms with van der Waals surface area (Å²) in [5, 5.41) is 4.07. The number of nitrogens with one attached hydrogen (secondary N) is 1. The van der Waals surface area contributed by atoms with Gasteiger partial charge >= 0.3 is 0 Å². The van der Waals surface area contributed by atoms with E-state index in [4.69, 9.17) is 0 Å². The number of alkyl halides is 1. The van der Waals surface area contributed by atoms with Crippen LogP contribution in [0.25, 0.3) is 0 Å². The van der Waals surface area contributed by atoms with Gasteiger partial charge in [-0.25, -0.2) is 0 Å². The molecule has 4 heteroatoms. The summed E-state index contributed by atoms with van der Waals surface area (Å²) in [6.07, 6.45) is 3.35. The van der Waals surface area contributed by atoms with Crippen LogP contribution in [0.5, 0.6) is 0 Å². The van der Waals surface area contributed by atoms with E-state index >= 15 is 0 Å². The first kappa shape index (κ1) is 9.84. The molecule has 0 aromatic carbocycles. The Morgan fingerprint density at radius 3 is 2.85 bits per heavy atom. The smallest absolute Gasteiger partial charge is 0.224 e. The quantitative estimate of drug-likeness (QED) is 0.787. The molecule has 1 aliphatic carbocycles. The van der Waals surface area contributed by atoms with Gasteiger partial charge in [-0.05, 0) is 25.0 Å². The van der Waals surface area contributed by atoms with Gasteiger partial charge in [0.1, 0.15) is 0 Å². The van der Waals surface area contributed by atoms with Crippen molar-refractivity contribution in [1.82, 2.24) is 5.32 Å². The molecule has 2 fully saturated rings. The Bertz CT molecular complexity index is 212. The van der Waals surface area contributed by atoms with E-state index in [1.165, 1.54) is 0 Å². The average Bonchev–Trinajstić information content (AvgIpc) is 2.69. The first-order chi connectivity index (χ1) is 6.26. The lowest BCUT2D eigenvalue weighted by molar-refractivity contribution is -0.125. The van der Waals surface area contributed by atoms with Crippen molar-refractivity contribution >= 4 is 33.6 Å². The molecule has 2 rings (SSSR count). The largest absolute Gasteiger partial charge is 0.350 e. The van der Waals surface area contributed by atoms with Crippen LogP contribution in [-0.4, -0.2) is 28.3 Å². The second-order valence-corrected chi connectivity index (χ2v) is 5.67. The number of amides is 1. The van der Waals surface area contributed by atoms with Crippen LogP contribution in [0.4, 0.5) is 0 Å². The maximum atomic E-state index is 11.7. The molecule has 2 aliphatic rings. The van der Waals surface area contributed by atoms with Crippen LogP contribution in [0.1, 0.15) is 19.3 Å². The van der Waals surface area contributed by atoms with E-state index in [9.17, 15) is 4.79 Å². The van der Waals surface area contributed by atoms with Gasteiger partial charge < -0.3 is 5.32 Å². The molecule has 0 spiro atoms. The van der Waals surface area contributed by atoms with E-state index in [0.29, 0.717) is 0 Å². The summed E-state index contributed by atoms with van der Waals surface area (Å²) in [6, 6.07) is 0. The molecule has 0 aromatic rings. The number of halogens is 1. The van der Waals surface area contributed by atoms with Gasteiger partial charge in [0.15, 0.2) is 0 Å². The third-order valence-electron chi connectivity index (χ3n) is 2.80. The highest BCUT2D eigenvalue weighted by atomic mass is 79.9. The van der Waals surface area contributed by atoms with E-state index in [1.807, 2.05) is 11.8 Å². The SMILES string of the molecule is O=C(NC1(CBr)CC1)C1CCSC1. The highest BCUT2D eigenvalue weighted by Crippen LogP contribution is 2.37. The summed E-state index contributed by atoms with van der Waals surface area (Å²) in [5.74, 6) is 2.73. The molecule has 2 nitrogen and oxygen atoms in total. The third-order valence-corrected chi connectivity index (χ3v) is 5.03. The van der Waals surface area contributed by atoms with Crippen LogP contribution in [0.15, 0.2) is 0 Å². The minimum Gasteiger partial charge on any atom is -0.350 e. The molecule has 1 aliphatic heterocycles. The van der Waals surface area contributed by atoms with Gasteiger partial charge in [-0.15, -0.1) is 0 Å². The molecule has 74 valence electrons. The van der Waals surface area contributed by atoms with Gasteiger partial charge in [0.25, 0.3) is 0 Å². The molecule has 1 saturated heterocycles. The van der Waals surface area contributed by atoms with Crippen molar-refractivity contribution < 1.29 is 4.79 Å². The minimum atomic E-state index is 0.129. The molecule has 1 heterocycles. The van der Waals surface area contributed by atoms with Crippen LogP contribution in [-0.2, 0) is 4.79 Å². The second kappa shape index (κ2) is 3.81. The van der Waals surface area contributed by atoms with E-state index in [2.05, 4.69) is 21.2 Å². The summed E-state index contributed by atoms with van der Waals surface area (Å²) < 4.78 is 0. The zero-order valence-corrected chi connectivity index (χ0v) is 9.92. The Hall–Kier alpha value is 0.300. The standard InChI is InChI=1S/C9H14BrNOS/c10-6-9(2-3-9)11-8(12)7-1-4-13-5-7/h7H,1-6H2,(H,11,12). The zero-order chi connectivity index (χ0) is 9.31. The Balaban J connectivity index is 1.84. The lowest BCUT2D eigenvalue weighted by Crippen LogP contribution is -2.41. The van der Waals surface area contributed by atoms with Gasteiger partial charge in [-0.1, -0.05) is 15.9 Å². The predicted molar refractivity (Wildman–Crippen MR) is 59.3 cm³/mol. The number of carbonyl (C=O) groups excluding carboxylic acids is 1. The van der Waals surface area contributed by atoms with Crippen LogP contribution in [0.3, 0.4) is 0 Å². The summed E-state index contributed by atoms with van der Waals surface area (Å²) in [7, 11) is 0. The van der Waals surface area contributed by atoms with Crippen LogP contribution < -0.4 is 5.32 Å². The van der Waals surface area contributed by atoms with E-state index < -0.39 is 0 Å². The van der Waals surface area contributed by atoms with Gasteiger partial charge in [-0.3, -0.25) is 4.79 Å². The van der Waals surface area contributed by atoms with Crippen LogP contribution in [0, 0.1) is 5.92 Å². The third kappa shape index (κ3) is 2.21. The molecule has 0 aromatic heterocycles. The number of rotatable bonds is 3. The van der Waals surface area contributed by atoms with Crippen molar-refractivity contribution in [3.63, 3.8) is 0 Å². The fourth-order valence-corrected chi connectivity index (χ4v) is 3.47. The van der Waals surface area contributed by atoms with Gasteiger partial charge in [0.2, 0.25) is 5.91 Å². The van der Waals surface area contributed by atoms with Gasteiger partial charge in [0.05, 0.1) is 0 Å². The molecular formula is C9H14BrNOS. The predicted octanol–water partition coefficient (Wildman–Crippen LogP) is 1.78. The van der Waals surface area contributed by atoms with E-state index in [0.717, 1.165) is 36.1 Å². The normalized spacial score (nSPS) is 30.1.